The van der Waals surface area contributed by atoms with Crippen molar-refractivity contribution in [2.45, 2.75) is 51.0 Å². The van der Waals surface area contributed by atoms with E-state index < -0.39 is 0 Å². The minimum absolute atomic E-state index is 0.663. The van der Waals surface area contributed by atoms with E-state index >= 15 is 0 Å². The van der Waals surface area contributed by atoms with Gasteiger partial charge in [-0.1, -0.05) is 12.8 Å². The normalized spacial score (nSPS) is 25.9. The smallest absolute Gasteiger partial charge is 0.0331 e. The first-order chi connectivity index (χ1) is 7.93. The lowest BCUT2D eigenvalue weighted by Gasteiger charge is -2.25. The van der Waals surface area contributed by atoms with Crippen LogP contribution < -0.4 is 5.32 Å². The Morgan fingerprint density at radius 2 is 2.06 bits per heavy atom. The third-order valence-corrected chi connectivity index (χ3v) is 5.18. The Morgan fingerprint density at radius 3 is 2.94 bits per heavy atom. The monoisotopic (exact) mass is 235 g/mol. The predicted molar refractivity (Wildman–Crippen MR) is 70.0 cm³/mol. The van der Waals surface area contributed by atoms with Crippen LogP contribution in [-0.4, -0.2) is 6.54 Å². The third kappa shape index (κ3) is 2.18. The molecule has 1 unspecified atom stereocenters. The van der Waals surface area contributed by atoms with Crippen molar-refractivity contribution < 1.29 is 0 Å². The Morgan fingerprint density at radius 1 is 1.19 bits per heavy atom. The van der Waals surface area contributed by atoms with Crippen molar-refractivity contribution in [3.63, 3.8) is 0 Å². The van der Waals surface area contributed by atoms with E-state index in [4.69, 9.17) is 0 Å². The number of fused-ring (bicyclic) bond motifs is 1. The second-order valence-electron chi connectivity index (χ2n) is 5.30. The number of hydrogen-bond acceptors (Lipinski definition) is 2. The van der Waals surface area contributed by atoms with Gasteiger partial charge in [0.1, 0.15) is 0 Å². The summed E-state index contributed by atoms with van der Waals surface area (Å²) in [5.41, 5.74) is 1.61. The summed E-state index contributed by atoms with van der Waals surface area (Å²) >= 11 is 1.95. The first-order valence-electron chi connectivity index (χ1n) is 6.73. The molecule has 2 heteroatoms. The van der Waals surface area contributed by atoms with Crippen LogP contribution in [0, 0.1) is 5.92 Å². The quantitative estimate of drug-likeness (QED) is 0.837. The van der Waals surface area contributed by atoms with Crippen LogP contribution in [-0.2, 0) is 6.42 Å². The van der Waals surface area contributed by atoms with Crippen molar-refractivity contribution in [2.24, 2.45) is 5.92 Å². The Labute approximate surface area is 102 Å². The molecule has 3 rings (SSSR count). The summed E-state index contributed by atoms with van der Waals surface area (Å²) in [6.07, 6.45) is 9.86. The van der Waals surface area contributed by atoms with Gasteiger partial charge in [-0.2, -0.15) is 0 Å². The summed E-state index contributed by atoms with van der Waals surface area (Å²) in [5.74, 6) is 0.962. The summed E-state index contributed by atoms with van der Waals surface area (Å²) < 4.78 is 0. The zero-order valence-corrected chi connectivity index (χ0v) is 10.7. The van der Waals surface area contributed by atoms with Crippen LogP contribution in [0.3, 0.4) is 0 Å². The highest BCUT2D eigenvalue weighted by Gasteiger charge is 2.22. The molecule has 1 N–H and O–H groups in total. The summed E-state index contributed by atoms with van der Waals surface area (Å²) in [5, 5.41) is 6.08. The number of hydrogen-bond donors (Lipinski definition) is 1. The number of thiophene rings is 1. The number of rotatable bonds is 3. The molecule has 16 heavy (non-hydrogen) atoms. The minimum Gasteiger partial charge on any atom is -0.310 e. The Bertz CT molecular complexity index is 338. The zero-order chi connectivity index (χ0) is 10.8. The van der Waals surface area contributed by atoms with Crippen LogP contribution >= 0.6 is 11.3 Å². The zero-order valence-electron chi connectivity index (χ0n) is 9.87. The Hall–Kier alpha value is -0.340. The molecule has 0 bridgehead atoms. The molecular formula is C14H21NS. The number of aryl methyl sites for hydroxylation is 1. The van der Waals surface area contributed by atoms with Gasteiger partial charge < -0.3 is 5.32 Å². The van der Waals surface area contributed by atoms with Crippen LogP contribution in [0.25, 0.3) is 0 Å². The topological polar surface area (TPSA) is 12.0 Å². The molecule has 2 aliphatic rings. The van der Waals surface area contributed by atoms with E-state index in [1.54, 1.807) is 10.4 Å². The SMILES string of the molecule is c1cc2c(s1)CCCC2NCC1CCCC1. The molecule has 0 saturated heterocycles. The molecule has 0 aliphatic heterocycles. The molecule has 1 heterocycles. The van der Waals surface area contributed by atoms with Crippen molar-refractivity contribution in [1.82, 2.24) is 5.32 Å². The van der Waals surface area contributed by atoms with Gasteiger partial charge in [-0.05, 0) is 61.6 Å². The number of nitrogens with one attached hydrogen (secondary N) is 1. The van der Waals surface area contributed by atoms with E-state index in [9.17, 15) is 0 Å². The van der Waals surface area contributed by atoms with E-state index in [1.807, 2.05) is 11.3 Å². The van der Waals surface area contributed by atoms with Crippen molar-refractivity contribution in [1.29, 1.82) is 0 Å². The molecule has 0 aromatic carbocycles. The molecule has 0 spiro atoms. The van der Waals surface area contributed by atoms with E-state index in [1.165, 1.54) is 51.5 Å². The maximum absolute atomic E-state index is 3.81. The third-order valence-electron chi connectivity index (χ3n) is 4.18. The average molecular weight is 235 g/mol. The van der Waals surface area contributed by atoms with Crippen molar-refractivity contribution in [2.75, 3.05) is 6.54 Å². The van der Waals surface area contributed by atoms with Gasteiger partial charge >= 0.3 is 0 Å². The molecule has 1 aromatic rings. The van der Waals surface area contributed by atoms with Crippen LogP contribution in [0.15, 0.2) is 11.4 Å². The first kappa shape index (κ1) is 10.8. The van der Waals surface area contributed by atoms with Crippen molar-refractivity contribution in [3.05, 3.63) is 21.9 Å². The molecule has 0 radical (unpaired) electrons. The maximum Gasteiger partial charge on any atom is 0.0331 e. The van der Waals surface area contributed by atoms with Gasteiger partial charge in [0.05, 0.1) is 0 Å². The largest absolute Gasteiger partial charge is 0.310 e. The van der Waals surface area contributed by atoms with Gasteiger partial charge in [-0.25, -0.2) is 0 Å². The van der Waals surface area contributed by atoms with Gasteiger partial charge in [0, 0.05) is 10.9 Å². The van der Waals surface area contributed by atoms with Gasteiger partial charge in [0.2, 0.25) is 0 Å². The molecule has 2 aliphatic carbocycles. The highest BCUT2D eigenvalue weighted by atomic mass is 32.1. The van der Waals surface area contributed by atoms with Crippen LogP contribution in [0.2, 0.25) is 0 Å². The van der Waals surface area contributed by atoms with E-state index in [0.29, 0.717) is 6.04 Å². The first-order valence-corrected chi connectivity index (χ1v) is 7.61. The molecule has 1 fully saturated rings. The van der Waals surface area contributed by atoms with Crippen LogP contribution in [0.1, 0.15) is 55.0 Å². The van der Waals surface area contributed by atoms with Gasteiger partial charge in [-0.3, -0.25) is 0 Å². The summed E-state index contributed by atoms with van der Waals surface area (Å²) in [7, 11) is 0. The van der Waals surface area contributed by atoms with E-state index in [0.717, 1.165) is 5.92 Å². The molecular weight excluding hydrogens is 214 g/mol. The highest BCUT2D eigenvalue weighted by molar-refractivity contribution is 7.10. The lowest BCUT2D eigenvalue weighted by atomic mass is 9.93. The molecule has 1 aromatic heterocycles. The lowest BCUT2D eigenvalue weighted by Crippen LogP contribution is -2.28. The summed E-state index contributed by atoms with van der Waals surface area (Å²) in [6, 6.07) is 3.00. The molecule has 1 saturated carbocycles. The van der Waals surface area contributed by atoms with Gasteiger partial charge in [0.25, 0.3) is 0 Å². The fraction of sp³-hybridized carbons (Fsp3) is 0.714. The van der Waals surface area contributed by atoms with Crippen LogP contribution in [0.5, 0.6) is 0 Å². The summed E-state index contributed by atoms with van der Waals surface area (Å²) in [6.45, 7) is 1.25. The van der Waals surface area contributed by atoms with Crippen molar-refractivity contribution >= 4 is 11.3 Å². The van der Waals surface area contributed by atoms with E-state index in [2.05, 4.69) is 16.8 Å². The summed E-state index contributed by atoms with van der Waals surface area (Å²) in [4.78, 5) is 1.63. The molecule has 1 atom stereocenters. The van der Waals surface area contributed by atoms with Gasteiger partial charge in [0.15, 0.2) is 0 Å². The Kier molecular flexibility index (Phi) is 3.30. The predicted octanol–water partition coefficient (Wildman–Crippen LogP) is 3.91. The minimum atomic E-state index is 0.663. The second-order valence-corrected chi connectivity index (χ2v) is 6.30. The second kappa shape index (κ2) is 4.89. The maximum atomic E-state index is 3.81. The fourth-order valence-electron chi connectivity index (χ4n) is 3.22. The highest BCUT2D eigenvalue weighted by Crippen LogP contribution is 2.34. The molecule has 0 amide bonds. The standard InChI is InChI=1S/C14H21NS/c1-2-5-11(4-1)10-15-13-6-3-7-14-12(13)8-9-16-14/h8-9,11,13,15H,1-7,10H2. The van der Waals surface area contributed by atoms with Gasteiger partial charge in [-0.15, -0.1) is 11.3 Å². The molecule has 88 valence electrons. The van der Waals surface area contributed by atoms with E-state index in [-0.39, 0.29) is 0 Å². The Balaban J connectivity index is 1.59. The molecule has 1 nitrogen and oxygen atoms in total. The van der Waals surface area contributed by atoms with Crippen molar-refractivity contribution in [3.8, 4) is 0 Å². The lowest BCUT2D eigenvalue weighted by molar-refractivity contribution is 0.406. The average Bonchev–Trinajstić information content (AvgIpc) is 2.97. The van der Waals surface area contributed by atoms with Crippen LogP contribution in [0.4, 0.5) is 0 Å². The fourth-order valence-corrected chi connectivity index (χ4v) is 4.21.